The lowest BCUT2D eigenvalue weighted by Gasteiger charge is -2.48. The van der Waals surface area contributed by atoms with Gasteiger partial charge in [0.2, 0.25) is 0 Å². The van der Waals surface area contributed by atoms with E-state index in [4.69, 9.17) is 0 Å². The van der Waals surface area contributed by atoms with E-state index in [9.17, 15) is 0 Å². The average Bonchev–Trinajstić information content (AvgIpc) is 3.72. The van der Waals surface area contributed by atoms with Gasteiger partial charge in [0.15, 0.2) is 0 Å². The van der Waals surface area contributed by atoms with Crippen LogP contribution in [0.2, 0.25) is 0 Å². The van der Waals surface area contributed by atoms with Gasteiger partial charge in [-0.3, -0.25) is 0 Å². The van der Waals surface area contributed by atoms with Gasteiger partial charge in [-0.1, -0.05) is 127 Å². The van der Waals surface area contributed by atoms with Crippen LogP contribution in [0.1, 0.15) is 44.5 Å². The molecule has 1 unspecified atom stereocenters. The van der Waals surface area contributed by atoms with Crippen molar-refractivity contribution in [2.45, 2.75) is 10.8 Å². The normalized spacial score (nSPS) is 15.3. The summed E-state index contributed by atoms with van der Waals surface area (Å²) < 4.78 is 2.67. The van der Waals surface area contributed by atoms with E-state index in [2.05, 4.69) is 158 Å². The first-order valence-electron chi connectivity index (χ1n) is 15.6. The summed E-state index contributed by atoms with van der Waals surface area (Å²) in [5, 5.41) is 2.66. The zero-order valence-corrected chi connectivity index (χ0v) is 25.1. The Morgan fingerprint density at radius 1 is 0.400 bits per heavy atom. The Morgan fingerprint density at radius 3 is 1.64 bits per heavy atom. The van der Waals surface area contributed by atoms with Crippen molar-refractivity contribution in [2.75, 3.05) is 0 Å². The summed E-state index contributed by atoms with van der Waals surface area (Å²) in [7, 11) is 0. The Bertz CT molecular complexity index is 2470. The fraction of sp³-hybridized carbons (Fsp3) is 0.0455. The lowest BCUT2D eigenvalue weighted by Crippen LogP contribution is -2.43. The quantitative estimate of drug-likeness (QED) is 0.166. The highest BCUT2D eigenvalue weighted by Gasteiger charge is 2.59. The molecular weight excluding hydrogens is 561 g/mol. The molecule has 8 aromatic rings. The molecule has 1 heterocycles. The van der Waals surface area contributed by atoms with Gasteiger partial charge in [0, 0.05) is 25.7 Å². The third-order valence-corrected chi connectivity index (χ3v) is 12.0. The highest BCUT2D eigenvalue weighted by molar-refractivity contribution is 7.25. The monoisotopic (exact) mass is 584 g/mol. The van der Waals surface area contributed by atoms with Crippen molar-refractivity contribution >= 4 is 31.5 Å². The van der Waals surface area contributed by atoms with E-state index in [-0.39, 0.29) is 0 Å². The van der Waals surface area contributed by atoms with Gasteiger partial charge in [-0.2, -0.15) is 0 Å². The summed E-state index contributed by atoms with van der Waals surface area (Å²) in [6, 6.07) is 61.8. The molecule has 206 valence electrons. The maximum Gasteiger partial charge on any atom is 0.0726 e. The largest absolute Gasteiger partial charge is 0.135 e. The van der Waals surface area contributed by atoms with Crippen LogP contribution in [0.25, 0.3) is 42.4 Å². The maximum absolute atomic E-state index is 3.57. The molecule has 1 heteroatoms. The number of hydrogen-bond acceptors (Lipinski definition) is 1. The summed E-state index contributed by atoms with van der Waals surface area (Å²) in [5.74, 6) is 0. The van der Waals surface area contributed by atoms with Crippen LogP contribution in [0.4, 0.5) is 0 Å². The van der Waals surface area contributed by atoms with E-state index in [1.807, 2.05) is 11.3 Å². The molecular formula is C44H24S. The van der Waals surface area contributed by atoms with Gasteiger partial charge >= 0.3 is 0 Å². The second kappa shape index (κ2) is 8.19. The van der Waals surface area contributed by atoms with Crippen molar-refractivity contribution in [1.82, 2.24) is 0 Å². The van der Waals surface area contributed by atoms with Crippen molar-refractivity contribution in [2.24, 2.45) is 0 Å². The van der Waals surface area contributed by atoms with Crippen molar-refractivity contribution in [3.8, 4) is 22.3 Å². The van der Waals surface area contributed by atoms with Crippen LogP contribution >= 0.6 is 11.3 Å². The van der Waals surface area contributed by atoms with Gasteiger partial charge in [-0.15, -0.1) is 11.3 Å². The molecule has 0 radical (unpaired) electrons. The molecule has 45 heavy (non-hydrogen) atoms. The van der Waals surface area contributed by atoms with Crippen molar-refractivity contribution in [1.29, 1.82) is 0 Å². The number of fused-ring (bicyclic) bond motifs is 19. The standard InChI is InChI=1S/C44H24S/c1-6-18-33-27(13-1)28-14-2-7-19-34(28)43(33)37-22-10-11-23-38(37)44(35-20-8-3-15-29(35)30-16-4-9-21-36(30)44)40-26-42-32(25-39(40)43)31-17-5-12-24-41(31)45-42/h1,3-13,15-26H. The molecule has 3 aliphatic carbocycles. The Morgan fingerprint density at radius 2 is 0.933 bits per heavy atom. The van der Waals surface area contributed by atoms with Crippen LogP contribution in [0.3, 0.4) is 0 Å². The molecule has 0 saturated carbocycles. The number of hydrogen-bond donors (Lipinski definition) is 0. The molecule has 3 aliphatic rings. The number of thiophene rings is 1. The van der Waals surface area contributed by atoms with E-state index < -0.39 is 10.8 Å². The third-order valence-electron chi connectivity index (χ3n) is 10.8. The molecule has 0 amide bonds. The minimum Gasteiger partial charge on any atom is -0.135 e. The highest BCUT2D eigenvalue weighted by Crippen LogP contribution is 2.67. The Balaban J connectivity index is 1.43. The van der Waals surface area contributed by atoms with E-state index in [0.29, 0.717) is 0 Å². The van der Waals surface area contributed by atoms with Gasteiger partial charge in [-0.05, 0) is 91.5 Å². The molecule has 0 fully saturated rings. The maximum atomic E-state index is 3.57. The number of benzene rings is 6. The summed E-state index contributed by atoms with van der Waals surface area (Å²) in [6.45, 7) is 0. The van der Waals surface area contributed by atoms with E-state index >= 15 is 0 Å². The molecule has 7 aromatic carbocycles. The minimum absolute atomic E-state index is 0.447. The van der Waals surface area contributed by atoms with Crippen LogP contribution < -0.4 is 0 Å². The zero-order valence-electron chi connectivity index (χ0n) is 24.3. The fourth-order valence-electron chi connectivity index (χ4n) is 9.30. The minimum atomic E-state index is -0.488. The van der Waals surface area contributed by atoms with Gasteiger partial charge < -0.3 is 0 Å². The molecule has 0 aliphatic heterocycles. The molecule has 0 bridgehead atoms. The van der Waals surface area contributed by atoms with E-state index in [1.54, 1.807) is 0 Å². The second-order valence-electron chi connectivity index (χ2n) is 12.6. The third kappa shape index (κ3) is 2.61. The molecule has 2 spiro atoms. The lowest BCUT2D eigenvalue weighted by molar-refractivity contribution is 0.634. The number of rotatable bonds is 0. The fourth-order valence-corrected chi connectivity index (χ4v) is 10.4. The SMILES string of the molecule is c1ccc2c(c#1)-c1ccccc1C21c2ccccc2C2(c3ccccc3-c3ccccc32)c2cc3sc4ccccc4c3cc21. The zero-order chi connectivity index (χ0) is 29.3. The summed E-state index contributed by atoms with van der Waals surface area (Å²) in [6.07, 6.45) is 0. The van der Waals surface area contributed by atoms with E-state index in [0.717, 1.165) is 5.56 Å². The van der Waals surface area contributed by atoms with Crippen LogP contribution in [0.5, 0.6) is 0 Å². The smallest absolute Gasteiger partial charge is 0.0726 e. The summed E-state index contributed by atoms with van der Waals surface area (Å²) in [4.78, 5) is 0. The van der Waals surface area contributed by atoms with Crippen molar-refractivity contribution in [3.05, 3.63) is 202 Å². The van der Waals surface area contributed by atoms with Crippen LogP contribution in [0.15, 0.2) is 146 Å². The first-order chi connectivity index (χ1) is 22.3. The predicted octanol–water partition coefficient (Wildman–Crippen LogP) is 10.7. The van der Waals surface area contributed by atoms with E-state index in [1.165, 1.54) is 81.4 Å². The van der Waals surface area contributed by atoms with Crippen LogP contribution in [0, 0.1) is 12.1 Å². The van der Waals surface area contributed by atoms with Crippen LogP contribution in [-0.2, 0) is 10.8 Å². The van der Waals surface area contributed by atoms with Crippen molar-refractivity contribution in [3.63, 3.8) is 0 Å². The summed E-state index contributed by atoms with van der Waals surface area (Å²) in [5.41, 5.74) is 15.0. The average molecular weight is 585 g/mol. The Labute approximate surface area is 265 Å². The molecule has 0 nitrogen and oxygen atoms in total. The first-order valence-corrected chi connectivity index (χ1v) is 16.4. The predicted molar refractivity (Wildman–Crippen MR) is 185 cm³/mol. The van der Waals surface area contributed by atoms with Gasteiger partial charge in [0.25, 0.3) is 0 Å². The molecule has 1 atom stereocenters. The van der Waals surface area contributed by atoms with Crippen molar-refractivity contribution < 1.29 is 0 Å². The summed E-state index contributed by atoms with van der Waals surface area (Å²) >= 11 is 1.91. The molecule has 0 saturated heterocycles. The van der Waals surface area contributed by atoms with Gasteiger partial charge in [-0.25, -0.2) is 0 Å². The molecule has 1 aromatic heterocycles. The highest BCUT2D eigenvalue weighted by atomic mass is 32.1. The Hall–Kier alpha value is -5.42. The van der Waals surface area contributed by atoms with Gasteiger partial charge in [0.05, 0.1) is 10.8 Å². The second-order valence-corrected chi connectivity index (χ2v) is 13.6. The van der Waals surface area contributed by atoms with Gasteiger partial charge in [0.1, 0.15) is 0 Å². The lowest BCUT2D eigenvalue weighted by atomic mass is 9.52. The Kier molecular flexibility index (Phi) is 4.36. The topological polar surface area (TPSA) is 0 Å². The first kappa shape index (κ1) is 24.0. The molecule has 0 N–H and O–H groups in total. The molecule has 11 rings (SSSR count). The van der Waals surface area contributed by atoms with Crippen LogP contribution in [-0.4, -0.2) is 0 Å².